The number of carboxylic acids is 1. The van der Waals surface area contributed by atoms with Gasteiger partial charge < -0.3 is 10.2 Å². The normalized spacial score (nSPS) is 27.6. The number of unbranched alkanes of at least 4 members (excludes halogenated alkanes) is 2. The second-order valence-corrected chi connectivity index (χ2v) is 7.99. The lowest BCUT2D eigenvalue weighted by molar-refractivity contribution is -0.153. The summed E-state index contributed by atoms with van der Waals surface area (Å²) in [7, 11) is 0. The van der Waals surface area contributed by atoms with E-state index >= 15 is 0 Å². The first-order valence-electron chi connectivity index (χ1n) is 10.5. The average molecular weight is 425 g/mol. The van der Waals surface area contributed by atoms with Crippen LogP contribution in [-0.4, -0.2) is 51.6 Å². The molecule has 3 N–H and O–H groups in total. The molecule has 3 rings (SSSR count). The minimum atomic E-state index is -1.99. The molecule has 0 aliphatic carbocycles. The molecule has 2 amide bonds. The van der Waals surface area contributed by atoms with Crippen LogP contribution in [0, 0.1) is 23.2 Å². The Morgan fingerprint density at radius 3 is 2.61 bits per heavy atom. The molecule has 8 nitrogen and oxygen atoms in total. The van der Waals surface area contributed by atoms with Crippen molar-refractivity contribution in [1.82, 2.24) is 10.2 Å². The second-order valence-electron chi connectivity index (χ2n) is 7.99. The number of carboxylic acid groups (broad SMARTS) is 1. The van der Waals surface area contributed by atoms with Crippen molar-refractivity contribution < 1.29 is 24.6 Å². The summed E-state index contributed by atoms with van der Waals surface area (Å²) in [5.74, 6) is -4.72. The van der Waals surface area contributed by atoms with Gasteiger partial charge in [-0.25, -0.2) is 0 Å². The fraction of sp³-hybridized carbons (Fsp3) is 0.478. The molecular weight excluding hydrogens is 398 g/mol. The van der Waals surface area contributed by atoms with E-state index < -0.39 is 47.8 Å². The largest absolute Gasteiger partial charge is 0.480 e. The van der Waals surface area contributed by atoms with Crippen molar-refractivity contribution in [3.63, 3.8) is 0 Å². The Kier molecular flexibility index (Phi) is 6.88. The Morgan fingerprint density at radius 1 is 1.26 bits per heavy atom. The first kappa shape index (κ1) is 22.7. The molecule has 2 saturated heterocycles. The molecule has 1 aromatic rings. The van der Waals surface area contributed by atoms with Gasteiger partial charge >= 0.3 is 5.97 Å². The van der Waals surface area contributed by atoms with Crippen molar-refractivity contribution in [2.75, 3.05) is 13.2 Å². The number of likely N-dealkylation sites (tertiary alicyclic amines) is 1. The van der Waals surface area contributed by atoms with E-state index in [1.54, 1.807) is 24.3 Å². The van der Waals surface area contributed by atoms with Gasteiger partial charge in [0.05, 0.1) is 30.1 Å². The number of amides is 2. The van der Waals surface area contributed by atoms with Crippen LogP contribution in [0.2, 0.25) is 0 Å². The third-order valence-electron chi connectivity index (χ3n) is 6.20. The molecule has 4 atom stereocenters. The number of nitrogens with zero attached hydrogens (tertiary/aromatic N) is 2. The molecule has 2 fully saturated rings. The molecule has 2 aliphatic rings. The molecule has 1 aromatic carbocycles. The maximum Gasteiger partial charge on any atom is 0.327 e. The molecule has 2 aliphatic heterocycles. The molecule has 0 spiro atoms. The fourth-order valence-electron chi connectivity index (χ4n) is 4.59. The topological polar surface area (TPSA) is 131 Å². The zero-order valence-electron chi connectivity index (χ0n) is 17.5. The van der Waals surface area contributed by atoms with Crippen LogP contribution < -0.4 is 5.32 Å². The number of imide groups is 1. The van der Waals surface area contributed by atoms with Gasteiger partial charge in [0.2, 0.25) is 11.8 Å². The number of nitrogens with one attached hydrogen (secondary N) is 1. The Hall–Kier alpha value is -3.02. The number of nitriles is 1. The van der Waals surface area contributed by atoms with Gasteiger partial charge in [-0.1, -0.05) is 50.1 Å². The number of hydrogen-bond acceptors (Lipinski definition) is 6. The summed E-state index contributed by atoms with van der Waals surface area (Å²) in [6.45, 7) is 1.40. The smallest absolute Gasteiger partial charge is 0.327 e. The average Bonchev–Trinajstić information content (AvgIpc) is 3.25. The lowest BCUT2D eigenvalue weighted by atomic mass is 9.79. The van der Waals surface area contributed by atoms with Crippen molar-refractivity contribution in [2.45, 2.75) is 44.2 Å². The van der Waals surface area contributed by atoms with E-state index in [-0.39, 0.29) is 12.1 Å². The summed E-state index contributed by atoms with van der Waals surface area (Å²) < 4.78 is 0. The highest BCUT2D eigenvalue weighted by Crippen LogP contribution is 2.49. The van der Waals surface area contributed by atoms with Crippen LogP contribution in [0.5, 0.6) is 0 Å². The quantitative estimate of drug-likeness (QED) is 0.312. The molecule has 164 valence electrons. The molecule has 2 heterocycles. The molecule has 31 heavy (non-hydrogen) atoms. The molecule has 0 bridgehead atoms. The monoisotopic (exact) mass is 425 g/mol. The van der Waals surface area contributed by atoms with Crippen molar-refractivity contribution in [3.8, 4) is 6.07 Å². The van der Waals surface area contributed by atoms with E-state index in [4.69, 9.17) is 0 Å². The molecule has 0 aromatic heterocycles. The van der Waals surface area contributed by atoms with Crippen LogP contribution in [0.25, 0.3) is 0 Å². The van der Waals surface area contributed by atoms with Gasteiger partial charge in [0, 0.05) is 12.6 Å². The number of aliphatic hydroxyl groups is 1. The van der Waals surface area contributed by atoms with Gasteiger partial charge in [0.15, 0.2) is 5.54 Å². The minimum absolute atomic E-state index is 0.154. The Morgan fingerprint density at radius 2 is 1.97 bits per heavy atom. The van der Waals surface area contributed by atoms with Gasteiger partial charge in [-0.15, -0.1) is 0 Å². The van der Waals surface area contributed by atoms with Crippen molar-refractivity contribution in [1.29, 1.82) is 5.26 Å². The van der Waals surface area contributed by atoms with Gasteiger partial charge in [-0.05, 0) is 24.5 Å². The summed E-state index contributed by atoms with van der Waals surface area (Å²) in [4.78, 5) is 39.7. The van der Waals surface area contributed by atoms with E-state index in [2.05, 4.69) is 18.3 Å². The Bertz CT molecular complexity index is 937. The van der Waals surface area contributed by atoms with Crippen LogP contribution in [-0.2, 0) is 14.4 Å². The van der Waals surface area contributed by atoms with E-state index in [1.807, 2.05) is 12.2 Å². The third kappa shape index (κ3) is 3.87. The number of aliphatic hydroxyl groups excluding tert-OH is 1. The van der Waals surface area contributed by atoms with Gasteiger partial charge in [0.25, 0.3) is 0 Å². The van der Waals surface area contributed by atoms with E-state index in [0.717, 1.165) is 24.2 Å². The third-order valence-corrected chi connectivity index (χ3v) is 6.20. The second kappa shape index (κ2) is 9.41. The molecule has 4 unspecified atom stereocenters. The number of fused-ring (bicyclic) bond motifs is 1. The first-order valence-corrected chi connectivity index (χ1v) is 10.5. The van der Waals surface area contributed by atoms with Crippen molar-refractivity contribution >= 4 is 17.8 Å². The Labute approximate surface area is 181 Å². The number of aliphatic carboxylic acids is 1. The lowest BCUT2D eigenvalue weighted by Gasteiger charge is -2.29. The number of carbonyl (C=O) groups excluding carboxylic acids is 2. The summed E-state index contributed by atoms with van der Waals surface area (Å²) in [5.41, 5.74) is -1.26. The van der Waals surface area contributed by atoms with E-state index in [1.165, 1.54) is 0 Å². The highest BCUT2D eigenvalue weighted by Gasteiger charge is 2.68. The van der Waals surface area contributed by atoms with Crippen LogP contribution in [0.1, 0.15) is 49.8 Å². The highest BCUT2D eigenvalue weighted by molar-refractivity contribution is 6.09. The first-order chi connectivity index (χ1) is 14.9. The molecular formula is C23H27N3O5. The number of carbonyl (C=O) groups is 3. The summed E-state index contributed by atoms with van der Waals surface area (Å²) in [6, 6.07) is 7.76. The van der Waals surface area contributed by atoms with Crippen molar-refractivity contribution in [3.05, 3.63) is 47.5 Å². The summed E-state index contributed by atoms with van der Waals surface area (Å²) in [6.07, 6.45) is 7.47. The SMILES string of the molecule is CCCC/C=C/CCN1C(=O)C2C(c3ccccc3C#N)NC(CO)(C(=O)O)C2C1=O. The molecule has 0 radical (unpaired) electrons. The summed E-state index contributed by atoms with van der Waals surface area (Å²) >= 11 is 0. The molecule has 0 saturated carbocycles. The standard InChI is InChI=1S/C23H27N3O5/c1-2-3-4-5-6-9-12-26-20(28)17-18(21(26)29)23(14-27,22(30)31)25-19(17)16-11-8-7-10-15(16)13-24/h5-8,10-11,17-19,25,27H,2-4,9,12,14H2,1H3,(H,30,31)/b6-5+. The zero-order chi connectivity index (χ0) is 22.6. The maximum atomic E-state index is 13.3. The lowest BCUT2D eigenvalue weighted by Crippen LogP contribution is -2.58. The maximum absolute atomic E-state index is 13.3. The summed E-state index contributed by atoms with van der Waals surface area (Å²) in [5, 5.41) is 32.2. The predicted octanol–water partition coefficient (Wildman–Crippen LogP) is 1.76. The van der Waals surface area contributed by atoms with Gasteiger partial charge in [-0.2, -0.15) is 5.26 Å². The minimum Gasteiger partial charge on any atom is -0.480 e. The number of benzene rings is 1. The predicted molar refractivity (Wildman–Crippen MR) is 111 cm³/mol. The van der Waals surface area contributed by atoms with Crippen LogP contribution in [0.3, 0.4) is 0 Å². The fourth-order valence-corrected chi connectivity index (χ4v) is 4.59. The number of allylic oxidation sites excluding steroid dienone is 1. The Balaban J connectivity index is 1.94. The number of hydrogen-bond donors (Lipinski definition) is 3. The van der Waals surface area contributed by atoms with Gasteiger partial charge in [-0.3, -0.25) is 24.6 Å². The van der Waals surface area contributed by atoms with Crippen LogP contribution >= 0.6 is 0 Å². The van der Waals surface area contributed by atoms with Crippen LogP contribution in [0.4, 0.5) is 0 Å². The number of rotatable bonds is 9. The van der Waals surface area contributed by atoms with E-state index in [0.29, 0.717) is 12.0 Å². The highest BCUT2D eigenvalue weighted by atomic mass is 16.4. The van der Waals surface area contributed by atoms with Gasteiger partial charge in [0.1, 0.15) is 0 Å². The molecule has 8 heteroatoms. The van der Waals surface area contributed by atoms with Crippen LogP contribution in [0.15, 0.2) is 36.4 Å². The zero-order valence-corrected chi connectivity index (χ0v) is 17.5. The van der Waals surface area contributed by atoms with Crippen molar-refractivity contribution in [2.24, 2.45) is 11.8 Å². The van der Waals surface area contributed by atoms with E-state index in [9.17, 15) is 29.9 Å².